The van der Waals surface area contributed by atoms with Crippen LogP contribution < -0.4 is 0 Å². The van der Waals surface area contributed by atoms with Gasteiger partial charge < -0.3 is 4.74 Å². The number of esters is 1. The summed E-state index contributed by atoms with van der Waals surface area (Å²) >= 11 is 0. The average Bonchev–Trinajstić information content (AvgIpc) is 2.45. The quantitative estimate of drug-likeness (QED) is 0.399. The molecule has 0 radical (unpaired) electrons. The Labute approximate surface area is 151 Å². The van der Waals surface area contributed by atoms with E-state index in [1.807, 2.05) is 43.4 Å². The van der Waals surface area contributed by atoms with Crippen molar-refractivity contribution in [2.75, 3.05) is 7.11 Å². The molecule has 4 nitrogen and oxygen atoms in total. The Morgan fingerprint density at radius 3 is 2.29 bits per heavy atom. The summed E-state index contributed by atoms with van der Waals surface area (Å²) in [5, 5.41) is -0.657. The van der Waals surface area contributed by atoms with E-state index in [1.54, 1.807) is 0 Å². The summed E-state index contributed by atoms with van der Waals surface area (Å²) in [5.74, 6) is -0.422. The van der Waals surface area contributed by atoms with E-state index in [2.05, 4.69) is 24.8 Å². The molecular formula is C17H28ClNO3SSi. The lowest BCUT2D eigenvalue weighted by Gasteiger charge is -2.33. The van der Waals surface area contributed by atoms with E-state index >= 15 is 0 Å². The number of benzene rings is 1. The molecule has 0 saturated heterocycles. The highest BCUT2D eigenvalue weighted by Gasteiger charge is 2.39. The molecule has 2 unspecified atom stereocenters. The van der Waals surface area contributed by atoms with Gasteiger partial charge in [0.15, 0.2) is 8.24 Å². The number of ether oxygens (including phenoxy) is 1. The molecule has 0 aliphatic rings. The first-order valence-corrected chi connectivity index (χ1v) is 13.3. The molecule has 0 heterocycles. The van der Waals surface area contributed by atoms with Crippen molar-refractivity contribution in [3.8, 4) is 0 Å². The molecule has 0 saturated carbocycles. The fourth-order valence-corrected chi connectivity index (χ4v) is 8.80. The van der Waals surface area contributed by atoms with Gasteiger partial charge in [0.2, 0.25) is 0 Å². The van der Waals surface area contributed by atoms with E-state index in [4.69, 9.17) is 15.4 Å². The molecule has 136 valence electrons. The zero-order valence-electron chi connectivity index (χ0n) is 15.3. The number of halogens is 1. The Hall–Kier alpha value is -0.853. The fraction of sp³-hybridized carbons (Fsp3) is 0.588. The van der Waals surface area contributed by atoms with Gasteiger partial charge in [-0.25, -0.2) is 4.21 Å². The number of rotatable bonds is 6. The van der Waals surface area contributed by atoms with Crippen LogP contribution in [0.25, 0.3) is 0 Å². The number of hydrogen-bond donors (Lipinski definition) is 0. The Morgan fingerprint density at radius 2 is 1.83 bits per heavy atom. The van der Waals surface area contributed by atoms with Crippen LogP contribution in [-0.2, 0) is 24.9 Å². The van der Waals surface area contributed by atoms with Gasteiger partial charge >= 0.3 is 5.97 Å². The standard InChI is InChI=1S/C17H28ClNO3SSi/c1-17(2,3)24(5,6)19-23(18,21)15(13-16(20)22-4)12-14-10-8-7-9-11-14/h7-11,15H,12-13H2,1-6H3. The van der Waals surface area contributed by atoms with Gasteiger partial charge in [-0.05, 0) is 40.8 Å². The van der Waals surface area contributed by atoms with E-state index in [9.17, 15) is 9.00 Å². The molecule has 0 amide bonds. The van der Waals surface area contributed by atoms with Crippen LogP contribution in [0, 0.1) is 0 Å². The third-order valence-electron chi connectivity index (χ3n) is 4.53. The maximum atomic E-state index is 13.2. The van der Waals surface area contributed by atoms with Gasteiger partial charge in [0.05, 0.1) is 18.8 Å². The molecule has 0 bridgehead atoms. The van der Waals surface area contributed by atoms with Crippen LogP contribution in [0.3, 0.4) is 0 Å². The lowest BCUT2D eigenvalue weighted by atomic mass is 10.1. The van der Waals surface area contributed by atoms with Crippen molar-refractivity contribution < 1.29 is 13.7 Å². The van der Waals surface area contributed by atoms with Gasteiger partial charge in [-0.2, -0.15) is 0 Å². The minimum absolute atomic E-state index is 0.00808. The Balaban J connectivity index is 3.26. The molecule has 0 fully saturated rings. The minimum Gasteiger partial charge on any atom is -0.469 e. The second-order valence-electron chi connectivity index (χ2n) is 7.49. The highest BCUT2D eigenvalue weighted by Crippen LogP contribution is 2.39. The van der Waals surface area contributed by atoms with Crippen molar-refractivity contribution in [1.82, 2.24) is 0 Å². The second kappa shape index (κ2) is 8.02. The van der Waals surface area contributed by atoms with Gasteiger partial charge in [-0.3, -0.25) is 8.82 Å². The number of carbonyl (C=O) groups excluding carboxylic acids is 1. The van der Waals surface area contributed by atoms with Gasteiger partial charge in [0, 0.05) is 0 Å². The normalized spacial score (nSPS) is 16.1. The fourth-order valence-electron chi connectivity index (χ4n) is 1.95. The Bertz CT molecular complexity index is 677. The SMILES string of the molecule is COC(=O)CC(Cc1ccccc1)S(=O)(Cl)=N[Si](C)(C)C(C)(C)C. The first-order valence-electron chi connectivity index (χ1n) is 7.96. The maximum absolute atomic E-state index is 13.2. The van der Waals surface area contributed by atoms with Crippen molar-refractivity contribution in [3.05, 3.63) is 35.9 Å². The lowest BCUT2D eigenvalue weighted by Crippen LogP contribution is -2.37. The third-order valence-corrected chi connectivity index (χ3v) is 13.6. The summed E-state index contributed by atoms with van der Waals surface area (Å²) in [4.78, 5) is 11.8. The predicted molar refractivity (Wildman–Crippen MR) is 104 cm³/mol. The third kappa shape index (κ3) is 5.90. The highest BCUT2D eigenvalue weighted by molar-refractivity contribution is 8.16. The van der Waals surface area contributed by atoms with Crippen LogP contribution in [0.5, 0.6) is 0 Å². The molecule has 0 aromatic heterocycles. The topological polar surface area (TPSA) is 55.7 Å². The van der Waals surface area contributed by atoms with E-state index in [1.165, 1.54) is 7.11 Å². The average molecular weight is 390 g/mol. The van der Waals surface area contributed by atoms with Crippen LogP contribution in [-0.4, -0.2) is 30.8 Å². The summed E-state index contributed by atoms with van der Waals surface area (Å²) in [6.07, 6.45) is 0.419. The van der Waals surface area contributed by atoms with Crippen LogP contribution in [0.4, 0.5) is 0 Å². The highest BCUT2D eigenvalue weighted by atomic mass is 35.7. The Morgan fingerprint density at radius 1 is 1.29 bits per heavy atom. The molecule has 0 aliphatic heterocycles. The zero-order valence-corrected chi connectivity index (χ0v) is 17.9. The van der Waals surface area contributed by atoms with Crippen LogP contribution >= 0.6 is 10.7 Å². The summed E-state index contributed by atoms with van der Waals surface area (Å²) in [5.41, 5.74) is 0.977. The monoisotopic (exact) mass is 389 g/mol. The molecule has 1 aromatic rings. The van der Waals surface area contributed by atoms with E-state index in [0.29, 0.717) is 6.42 Å². The second-order valence-corrected chi connectivity index (χ2v) is 15.8. The van der Waals surface area contributed by atoms with Crippen molar-refractivity contribution in [3.63, 3.8) is 0 Å². The van der Waals surface area contributed by atoms with Crippen molar-refractivity contribution in [1.29, 1.82) is 0 Å². The molecule has 24 heavy (non-hydrogen) atoms. The maximum Gasteiger partial charge on any atom is 0.306 e. The number of hydrogen-bond acceptors (Lipinski definition) is 4. The molecule has 7 heteroatoms. The molecule has 0 aliphatic carbocycles. The van der Waals surface area contributed by atoms with Gasteiger partial charge in [0.25, 0.3) is 0 Å². The molecule has 1 rings (SSSR count). The molecule has 2 atom stereocenters. The van der Waals surface area contributed by atoms with E-state index in [0.717, 1.165) is 5.56 Å². The summed E-state index contributed by atoms with van der Waals surface area (Å²) < 4.78 is 22.6. The Kier molecular flexibility index (Phi) is 7.08. The largest absolute Gasteiger partial charge is 0.469 e. The first kappa shape index (κ1) is 21.2. The van der Waals surface area contributed by atoms with Crippen LogP contribution in [0.2, 0.25) is 18.1 Å². The zero-order chi connectivity index (χ0) is 18.6. The van der Waals surface area contributed by atoms with E-state index < -0.39 is 28.4 Å². The number of nitrogens with zero attached hydrogens (tertiary/aromatic N) is 1. The predicted octanol–water partition coefficient (Wildman–Crippen LogP) is 4.79. The summed E-state index contributed by atoms with van der Waals surface area (Å²) in [7, 11) is 2.48. The molecular weight excluding hydrogens is 362 g/mol. The smallest absolute Gasteiger partial charge is 0.306 e. The van der Waals surface area contributed by atoms with Gasteiger partial charge in [-0.15, -0.1) is 0 Å². The summed E-state index contributed by atoms with van der Waals surface area (Å²) in [6.45, 7) is 10.4. The minimum atomic E-state index is -3.06. The van der Waals surface area contributed by atoms with Gasteiger partial charge in [0.1, 0.15) is 8.94 Å². The van der Waals surface area contributed by atoms with Crippen LogP contribution in [0.15, 0.2) is 34.4 Å². The van der Waals surface area contributed by atoms with Crippen molar-refractivity contribution >= 4 is 33.8 Å². The lowest BCUT2D eigenvalue weighted by molar-refractivity contribution is -0.140. The molecule has 0 N–H and O–H groups in total. The van der Waals surface area contributed by atoms with Gasteiger partial charge in [-0.1, -0.05) is 51.1 Å². The molecule has 1 aromatic carbocycles. The van der Waals surface area contributed by atoms with Crippen molar-refractivity contribution in [2.45, 2.75) is 57.0 Å². The number of carbonyl (C=O) groups is 1. The number of methoxy groups -OCH3 is 1. The molecule has 0 spiro atoms. The van der Waals surface area contributed by atoms with Crippen molar-refractivity contribution in [2.24, 2.45) is 4.03 Å². The van der Waals surface area contributed by atoms with Crippen LogP contribution in [0.1, 0.15) is 32.8 Å². The summed E-state index contributed by atoms with van der Waals surface area (Å²) in [6, 6.07) is 9.60. The van der Waals surface area contributed by atoms with E-state index in [-0.39, 0.29) is 11.5 Å². The first-order chi connectivity index (χ1) is 10.9.